The molecule has 0 saturated carbocycles. The summed E-state index contributed by atoms with van der Waals surface area (Å²) >= 11 is 0. The van der Waals surface area contributed by atoms with Crippen molar-refractivity contribution < 1.29 is 14.4 Å². The van der Waals surface area contributed by atoms with Crippen LogP contribution in [-0.4, -0.2) is 47.3 Å². The molecule has 0 spiro atoms. The van der Waals surface area contributed by atoms with Crippen molar-refractivity contribution in [2.45, 2.75) is 19.6 Å². The number of hydrogen-bond acceptors (Lipinski definition) is 4. The Morgan fingerprint density at radius 1 is 1.50 bits per heavy atom. The van der Waals surface area contributed by atoms with Gasteiger partial charge in [-0.1, -0.05) is 5.16 Å². The third-order valence-corrected chi connectivity index (χ3v) is 2.26. The molecule has 1 atom stereocenters. The predicted molar refractivity (Wildman–Crippen MR) is 47.5 cm³/mol. The van der Waals surface area contributed by atoms with Crippen LogP contribution in [0.1, 0.15) is 13.3 Å². The van der Waals surface area contributed by atoms with E-state index in [1.807, 2.05) is 0 Å². The number of oxime groups is 1. The molecule has 2 aliphatic rings. The van der Waals surface area contributed by atoms with Crippen LogP contribution in [0.25, 0.3) is 0 Å². The second-order valence-corrected chi connectivity index (χ2v) is 3.49. The smallest absolute Gasteiger partial charge is 0.330 e. The van der Waals surface area contributed by atoms with Crippen LogP contribution in [0.5, 0.6) is 0 Å². The Kier molecular flexibility index (Phi) is 1.90. The molecule has 0 N–H and O–H groups in total. The molecule has 1 saturated heterocycles. The molecule has 0 aliphatic carbocycles. The van der Waals surface area contributed by atoms with Crippen LogP contribution < -0.4 is 0 Å². The van der Waals surface area contributed by atoms with E-state index in [0.29, 0.717) is 6.42 Å². The van der Waals surface area contributed by atoms with Crippen LogP contribution in [-0.2, 0) is 9.63 Å². The van der Waals surface area contributed by atoms with Gasteiger partial charge in [-0.25, -0.2) is 9.69 Å². The maximum atomic E-state index is 11.5. The molecule has 0 aromatic rings. The molecule has 0 bridgehead atoms. The number of imide groups is 1. The van der Waals surface area contributed by atoms with E-state index in [1.165, 1.54) is 4.90 Å². The van der Waals surface area contributed by atoms with Crippen molar-refractivity contribution >= 4 is 17.6 Å². The van der Waals surface area contributed by atoms with E-state index < -0.39 is 6.23 Å². The average Bonchev–Trinajstić information content (AvgIpc) is 2.60. The van der Waals surface area contributed by atoms with Gasteiger partial charge in [0.15, 0.2) is 0 Å². The molecule has 0 aromatic carbocycles. The Morgan fingerprint density at radius 3 is 2.64 bits per heavy atom. The van der Waals surface area contributed by atoms with Crippen molar-refractivity contribution in [2.75, 3.05) is 13.6 Å². The maximum Gasteiger partial charge on any atom is 0.330 e. The lowest BCUT2D eigenvalue weighted by Gasteiger charge is -2.18. The fraction of sp³-hybridized carbons (Fsp3) is 0.625. The summed E-state index contributed by atoms with van der Waals surface area (Å²) in [6.45, 7) is 1.92. The third-order valence-electron chi connectivity index (χ3n) is 2.26. The highest BCUT2D eigenvalue weighted by Crippen LogP contribution is 2.20. The Hall–Kier alpha value is -1.59. The number of carbonyl (C=O) groups excluding carboxylic acids is 2. The fourth-order valence-corrected chi connectivity index (χ4v) is 1.54. The average molecular weight is 197 g/mol. The van der Waals surface area contributed by atoms with Gasteiger partial charge in [0, 0.05) is 13.5 Å². The molecule has 0 aromatic heterocycles. The number of urea groups is 1. The summed E-state index contributed by atoms with van der Waals surface area (Å²) in [5.74, 6) is -0.229. The summed E-state index contributed by atoms with van der Waals surface area (Å²) in [7, 11) is 1.59. The molecule has 6 nitrogen and oxygen atoms in total. The standard InChI is InChI=1S/C8H11N3O3/c1-5-3-7(14-9-5)11-6(12)4-10(2)8(11)13/h7H,3-4H2,1-2H3. The predicted octanol–water partition coefficient (Wildman–Crippen LogP) is 0.00270. The normalized spacial score (nSPS) is 27.0. The van der Waals surface area contributed by atoms with E-state index in [0.717, 1.165) is 10.6 Å². The zero-order valence-electron chi connectivity index (χ0n) is 8.06. The van der Waals surface area contributed by atoms with Gasteiger partial charge < -0.3 is 9.74 Å². The molecular weight excluding hydrogens is 186 g/mol. The van der Waals surface area contributed by atoms with E-state index in [4.69, 9.17) is 4.84 Å². The van der Waals surface area contributed by atoms with Crippen molar-refractivity contribution in [2.24, 2.45) is 5.16 Å². The summed E-state index contributed by atoms with van der Waals surface area (Å²) in [6.07, 6.45) is -0.0364. The van der Waals surface area contributed by atoms with Crippen molar-refractivity contribution in [3.8, 4) is 0 Å². The van der Waals surface area contributed by atoms with Crippen LogP contribution in [0, 0.1) is 0 Å². The Labute approximate surface area is 81.1 Å². The molecule has 0 radical (unpaired) electrons. The number of hydrogen-bond donors (Lipinski definition) is 0. The highest BCUT2D eigenvalue weighted by molar-refractivity contribution is 6.02. The van der Waals surface area contributed by atoms with Gasteiger partial charge in [-0.3, -0.25) is 4.79 Å². The van der Waals surface area contributed by atoms with Gasteiger partial charge in [0.25, 0.3) is 5.91 Å². The van der Waals surface area contributed by atoms with Crippen molar-refractivity contribution in [3.05, 3.63) is 0 Å². The first-order chi connectivity index (χ1) is 6.59. The lowest BCUT2D eigenvalue weighted by atomic mass is 10.2. The van der Waals surface area contributed by atoms with Gasteiger partial charge in [0.2, 0.25) is 6.23 Å². The third kappa shape index (κ3) is 1.23. The van der Waals surface area contributed by atoms with E-state index in [9.17, 15) is 9.59 Å². The Morgan fingerprint density at radius 2 is 2.21 bits per heavy atom. The summed E-state index contributed by atoms with van der Waals surface area (Å²) in [6, 6.07) is -0.315. The van der Waals surface area contributed by atoms with Gasteiger partial charge in [0.1, 0.15) is 6.54 Å². The van der Waals surface area contributed by atoms with E-state index in [-0.39, 0.29) is 18.5 Å². The summed E-state index contributed by atoms with van der Waals surface area (Å²) in [5.41, 5.74) is 0.796. The van der Waals surface area contributed by atoms with Crippen molar-refractivity contribution in [3.63, 3.8) is 0 Å². The molecule has 3 amide bonds. The SMILES string of the molecule is CC1=NOC(N2C(=O)CN(C)C2=O)C1. The van der Waals surface area contributed by atoms with Crippen LogP contribution in [0.2, 0.25) is 0 Å². The first kappa shape index (κ1) is 8.98. The molecule has 1 fully saturated rings. The molecule has 1 unspecified atom stereocenters. The van der Waals surface area contributed by atoms with Gasteiger partial charge in [-0.05, 0) is 6.92 Å². The maximum absolute atomic E-state index is 11.5. The highest BCUT2D eigenvalue weighted by Gasteiger charge is 2.41. The summed E-state index contributed by atoms with van der Waals surface area (Å²) in [5, 5.41) is 3.71. The molecule has 14 heavy (non-hydrogen) atoms. The van der Waals surface area contributed by atoms with E-state index in [1.54, 1.807) is 14.0 Å². The highest BCUT2D eigenvalue weighted by atomic mass is 16.7. The number of likely N-dealkylation sites (N-methyl/N-ethyl adjacent to an activating group) is 1. The molecular formula is C8H11N3O3. The lowest BCUT2D eigenvalue weighted by Crippen LogP contribution is -2.40. The number of nitrogens with zero attached hydrogens (tertiary/aromatic N) is 3. The van der Waals surface area contributed by atoms with Crippen molar-refractivity contribution in [1.82, 2.24) is 9.80 Å². The first-order valence-corrected chi connectivity index (χ1v) is 4.36. The van der Waals surface area contributed by atoms with Gasteiger partial charge in [-0.15, -0.1) is 0 Å². The second-order valence-electron chi connectivity index (χ2n) is 3.49. The summed E-state index contributed by atoms with van der Waals surface area (Å²) < 4.78 is 0. The molecule has 6 heteroatoms. The second kappa shape index (κ2) is 2.97. The lowest BCUT2D eigenvalue weighted by molar-refractivity contribution is -0.133. The summed E-state index contributed by atoms with van der Waals surface area (Å²) in [4.78, 5) is 30.4. The first-order valence-electron chi connectivity index (χ1n) is 4.36. The minimum absolute atomic E-state index is 0.123. The van der Waals surface area contributed by atoms with E-state index in [2.05, 4.69) is 5.16 Å². The minimum Gasteiger partial charge on any atom is -0.370 e. The van der Waals surface area contributed by atoms with Crippen LogP contribution in [0.4, 0.5) is 4.79 Å². The monoisotopic (exact) mass is 197 g/mol. The van der Waals surface area contributed by atoms with Crippen LogP contribution >= 0.6 is 0 Å². The Balaban J connectivity index is 2.12. The van der Waals surface area contributed by atoms with Gasteiger partial charge in [-0.2, -0.15) is 0 Å². The number of amides is 3. The van der Waals surface area contributed by atoms with Crippen LogP contribution in [0.15, 0.2) is 5.16 Å². The number of carbonyl (C=O) groups is 2. The zero-order valence-corrected chi connectivity index (χ0v) is 8.06. The van der Waals surface area contributed by atoms with Crippen LogP contribution in [0.3, 0.4) is 0 Å². The molecule has 2 aliphatic heterocycles. The van der Waals surface area contributed by atoms with Gasteiger partial charge in [0.05, 0.1) is 5.71 Å². The fourth-order valence-electron chi connectivity index (χ4n) is 1.54. The topological polar surface area (TPSA) is 62.2 Å². The zero-order chi connectivity index (χ0) is 10.3. The molecule has 76 valence electrons. The quantitative estimate of drug-likeness (QED) is 0.556. The molecule has 2 heterocycles. The largest absolute Gasteiger partial charge is 0.370 e. The molecule has 2 rings (SSSR count). The minimum atomic E-state index is -0.542. The number of rotatable bonds is 1. The van der Waals surface area contributed by atoms with E-state index >= 15 is 0 Å². The Bertz CT molecular complexity index is 326. The van der Waals surface area contributed by atoms with Crippen molar-refractivity contribution in [1.29, 1.82) is 0 Å². The van der Waals surface area contributed by atoms with Gasteiger partial charge >= 0.3 is 6.03 Å².